The molecule has 128 valence electrons. The van der Waals surface area contributed by atoms with Crippen LogP contribution in [-0.2, 0) is 4.79 Å². The van der Waals surface area contributed by atoms with E-state index >= 15 is 0 Å². The van der Waals surface area contributed by atoms with Gasteiger partial charge in [-0.05, 0) is 38.4 Å². The van der Waals surface area contributed by atoms with Crippen LogP contribution >= 0.6 is 0 Å². The molecule has 24 heavy (non-hydrogen) atoms. The number of imide groups is 1. The Labute approximate surface area is 140 Å². The number of fused-ring (bicyclic) bond motifs is 1. The normalized spacial score (nSPS) is 19.8. The van der Waals surface area contributed by atoms with Gasteiger partial charge in [-0.15, -0.1) is 0 Å². The van der Waals surface area contributed by atoms with Crippen LogP contribution in [0.4, 0.5) is 4.79 Å². The number of nitrogens with one attached hydrogen (secondary N) is 3. The predicted molar refractivity (Wildman–Crippen MR) is 91.7 cm³/mol. The summed E-state index contributed by atoms with van der Waals surface area (Å²) < 4.78 is 0. The van der Waals surface area contributed by atoms with E-state index in [1.807, 2.05) is 31.2 Å². The van der Waals surface area contributed by atoms with Gasteiger partial charge >= 0.3 is 6.03 Å². The van der Waals surface area contributed by atoms with E-state index in [1.54, 1.807) is 0 Å². The molecule has 7 heteroatoms. The fourth-order valence-electron chi connectivity index (χ4n) is 3.19. The minimum atomic E-state index is -0.474. The van der Waals surface area contributed by atoms with Gasteiger partial charge in [-0.3, -0.25) is 15.0 Å². The van der Waals surface area contributed by atoms with Crippen molar-refractivity contribution in [1.29, 1.82) is 0 Å². The Morgan fingerprint density at radius 2 is 2.17 bits per heavy atom. The number of amides is 3. The number of carbonyl (C=O) groups excluding carboxylic acids is 2. The lowest BCUT2D eigenvalue weighted by Crippen LogP contribution is -2.51. The summed E-state index contributed by atoms with van der Waals surface area (Å²) in [6.07, 6.45) is 2.04. The van der Waals surface area contributed by atoms with Crippen LogP contribution in [0, 0.1) is 0 Å². The van der Waals surface area contributed by atoms with Crippen LogP contribution in [0.3, 0.4) is 0 Å². The van der Waals surface area contributed by atoms with Crippen molar-refractivity contribution in [1.82, 2.24) is 25.5 Å². The maximum Gasteiger partial charge on any atom is 0.321 e. The molecular formula is C17H23N5O2. The highest BCUT2D eigenvalue weighted by molar-refractivity contribution is 5.96. The van der Waals surface area contributed by atoms with Crippen molar-refractivity contribution in [3.8, 4) is 0 Å². The first kappa shape index (κ1) is 16.4. The Morgan fingerprint density at radius 1 is 1.38 bits per heavy atom. The number of nitrogens with zero attached hydrogens (tertiary/aromatic N) is 2. The van der Waals surface area contributed by atoms with Crippen LogP contribution in [0.15, 0.2) is 24.3 Å². The number of para-hydroxylation sites is 2. The SMILES string of the molecule is CNC(=O)NC(=O)[C@@H](C)N1CCC[C@H](c2nc3ccccc3[nH]2)C1. The summed E-state index contributed by atoms with van der Waals surface area (Å²) in [6, 6.07) is 7.15. The molecule has 0 bridgehead atoms. The average molecular weight is 329 g/mol. The average Bonchev–Trinajstić information content (AvgIpc) is 3.05. The topological polar surface area (TPSA) is 90.1 Å². The van der Waals surface area contributed by atoms with Gasteiger partial charge in [0.05, 0.1) is 17.1 Å². The molecular weight excluding hydrogens is 306 g/mol. The van der Waals surface area contributed by atoms with E-state index in [0.717, 1.165) is 42.8 Å². The van der Waals surface area contributed by atoms with Crippen molar-refractivity contribution in [2.24, 2.45) is 0 Å². The highest BCUT2D eigenvalue weighted by Gasteiger charge is 2.30. The number of benzene rings is 1. The highest BCUT2D eigenvalue weighted by Crippen LogP contribution is 2.27. The van der Waals surface area contributed by atoms with Crippen molar-refractivity contribution < 1.29 is 9.59 Å². The molecule has 2 atom stereocenters. The lowest BCUT2D eigenvalue weighted by Gasteiger charge is -2.35. The van der Waals surface area contributed by atoms with E-state index in [1.165, 1.54) is 7.05 Å². The Bertz CT molecular complexity index is 708. The summed E-state index contributed by atoms with van der Waals surface area (Å²) >= 11 is 0. The molecule has 0 radical (unpaired) electrons. The van der Waals surface area contributed by atoms with Crippen LogP contribution < -0.4 is 10.6 Å². The molecule has 2 heterocycles. The maximum absolute atomic E-state index is 12.2. The number of hydrogen-bond acceptors (Lipinski definition) is 4. The molecule has 1 aromatic carbocycles. The lowest BCUT2D eigenvalue weighted by molar-refractivity contribution is -0.125. The number of H-pyrrole nitrogens is 1. The van der Waals surface area contributed by atoms with E-state index in [0.29, 0.717) is 0 Å². The molecule has 0 saturated carbocycles. The molecule has 1 aliphatic rings. The second-order valence-corrected chi connectivity index (χ2v) is 6.22. The Hall–Kier alpha value is -2.41. The summed E-state index contributed by atoms with van der Waals surface area (Å²) in [6.45, 7) is 3.43. The first-order valence-electron chi connectivity index (χ1n) is 8.29. The summed E-state index contributed by atoms with van der Waals surface area (Å²) in [4.78, 5) is 33.7. The van der Waals surface area contributed by atoms with E-state index < -0.39 is 6.03 Å². The number of carbonyl (C=O) groups is 2. The van der Waals surface area contributed by atoms with Gasteiger partial charge in [-0.1, -0.05) is 12.1 Å². The number of hydrogen-bond donors (Lipinski definition) is 3. The zero-order chi connectivity index (χ0) is 17.1. The maximum atomic E-state index is 12.2. The van der Waals surface area contributed by atoms with Crippen molar-refractivity contribution >= 4 is 23.0 Å². The van der Waals surface area contributed by atoms with Gasteiger partial charge in [0.25, 0.3) is 0 Å². The third kappa shape index (κ3) is 3.41. The van der Waals surface area contributed by atoms with Gasteiger partial charge in [-0.25, -0.2) is 9.78 Å². The van der Waals surface area contributed by atoms with Crippen molar-refractivity contribution in [3.63, 3.8) is 0 Å². The molecule has 0 unspecified atom stereocenters. The first-order valence-corrected chi connectivity index (χ1v) is 8.29. The molecule has 1 aliphatic heterocycles. The fraction of sp³-hybridized carbons (Fsp3) is 0.471. The Morgan fingerprint density at radius 3 is 2.92 bits per heavy atom. The number of aromatic nitrogens is 2. The minimum Gasteiger partial charge on any atom is -0.342 e. The van der Waals surface area contributed by atoms with Crippen molar-refractivity contribution in [3.05, 3.63) is 30.1 Å². The van der Waals surface area contributed by atoms with Gasteiger partial charge < -0.3 is 10.3 Å². The lowest BCUT2D eigenvalue weighted by atomic mass is 9.96. The van der Waals surface area contributed by atoms with Gasteiger partial charge in [0, 0.05) is 19.5 Å². The van der Waals surface area contributed by atoms with E-state index in [2.05, 4.69) is 25.5 Å². The van der Waals surface area contributed by atoms with Crippen molar-refractivity contribution in [2.45, 2.75) is 31.7 Å². The molecule has 3 N–H and O–H groups in total. The van der Waals surface area contributed by atoms with E-state index in [9.17, 15) is 9.59 Å². The second kappa shape index (κ2) is 7.00. The number of urea groups is 1. The zero-order valence-corrected chi connectivity index (χ0v) is 14.0. The van der Waals surface area contributed by atoms with Crippen LogP contribution in [0.2, 0.25) is 0 Å². The number of piperidine rings is 1. The van der Waals surface area contributed by atoms with Crippen LogP contribution in [0.1, 0.15) is 31.5 Å². The number of rotatable bonds is 3. The summed E-state index contributed by atoms with van der Waals surface area (Å²) in [5.41, 5.74) is 2.00. The number of imidazole rings is 1. The third-order valence-corrected chi connectivity index (χ3v) is 4.64. The quantitative estimate of drug-likeness (QED) is 0.797. The summed E-state index contributed by atoms with van der Waals surface area (Å²) in [5, 5.41) is 4.75. The zero-order valence-electron chi connectivity index (χ0n) is 14.0. The van der Waals surface area contributed by atoms with E-state index in [4.69, 9.17) is 0 Å². The Kier molecular flexibility index (Phi) is 4.80. The second-order valence-electron chi connectivity index (χ2n) is 6.22. The molecule has 0 aliphatic carbocycles. The highest BCUT2D eigenvalue weighted by atomic mass is 16.2. The molecule has 1 saturated heterocycles. The predicted octanol–water partition coefficient (Wildman–Crippen LogP) is 1.59. The van der Waals surface area contributed by atoms with Gasteiger partial charge in [0.15, 0.2) is 0 Å². The molecule has 7 nitrogen and oxygen atoms in total. The largest absolute Gasteiger partial charge is 0.342 e. The van der Waals surface area contributed by atoms with Crippen LogP contribution in [0.25, 0.3) is 11.0 Å². The molecule has 3 amide bonds. The monoisotopic (exact) mass is 329 g/mol. The van der Waals surface area contributed by atoms with Gasteiger partial charge in [-0.2, -0.15) is 0 Å². The number of aromatic amines is 1. The molecule has 2 aromatic rings. The minimum absolute atomic E-state index is 0.265. The standard InChI is InChI=1S/C17H23N5O2/c1-11(16(23)21-17(24)18-2)22-9-5-6-12(10-22)15-19-13-7-3-4-8-14(13)20-15/h3-4,7-8,11-12H,5-6,9-10H2,1-2H3,(H,19,20)(H2,18,21,23,24)/t11-,12+/m1/s1. The molecule has 1 aromatic heterocycles. The van der Waals surface area contributed by atoms with Crippen molar-refractivity contribution in [2.75, 3.05) is 20.1 Å². The van der Waals surface area contributed by atoms with E-state index in [-0.39, 0.29) is 17.9 Å². The third-order valence-electron chi connectivity index (χ3n) is 4.64. The Balaban J connectivity index is 1.69. The van der Waals surface area contributed by atoms with Gasteiger partial charge in [0.2, 0.25) is 5.91 Å². The van der Waals surface area contributed by atoms with Crippen LogP contribution in [0.5, 0.6) is 0 Å². The van der Waals surface area contributed by atoms with Crippen LogP contribution in [-0.4, -0.2) is 53.0 Å². The molecule has 1 fully saturated rings. The number of likely N-dealkylation sites (tertiary alicyclic amines) is 1. The molecule has 3 rings (SSSR count). The van der Waals surface area contributed by atoms with Gasteiger partial charge in [0.1, 0.15) is 5.82 Å². The first-order chi connectivity index (χ1) is 11.6. The fourth-order valence-corrected chi connectivity index (χ4v) is 3.19. The summed E-state index contributed by atoms with van der Waals surface area (Å²) in [5.74, 6) is 0.959. The summed E-state index contributed by atoms with van der Waals surface area (Å²) in [7, 11) is 1.49. The molecule has 0 spiro atoms. The smallest absolute Gasteiger partial charge is 0.321 e.